The Morgan fingerprint density at radius 1 is 1.07 bits per heavy atom. The molecule has 1 aliphatic heterocycles. The van der Waals surface area contributed by atoms with E-state index in [1.807, 2.05) is 66.4 Å². The first-order chi connectivity index (χ1) is 13.5. The zero-order valence-electron chi connectivity index (χ0n) is 16.0. The van der Waals surface area contributed by atoms with Crippen LogP contribution in [0.1, 0.15) is 34.2 Å². The number of hydrogen-bond acceptors (Lipinski definition) is 3. The molecule has 0 saturated carbocycles. The molecule has 3 aromatic rings. The summed E-state index contributed by atoms with van der Waals surface area (Å²) in [6.45, 7) is 4.67. The predicted molar refractivity (Wildman–Crippen MR) is 108 cm³/mol. The molecule has 0 atom stereocenters. The maximum atomic E-state index is 12.8. The van der Waals surface area contributed by atoms with E-state index in [-0.39, 0.29) is 11.8 Å². The molecule has 2 heterocycles. The molecule has 0 saturated heterocycles. The van der Waals surface area contributed by atoms with Crippen LogP contribution in [0.2, 0.25) is 0 Å². The number of carbonyl (C=O) groups is 2. The molecule has 0 bridgehead atoms. The van der Waals surface area contributed by atoms with Crippen LogP contribution in [0.5, 0.6) is 0 Å². The van der Waals surface area contributed by atoms with Crippen LogP contribution in [0.25, 0.3) is 11.3 Å². The molecule has 2 amide bonds. The van der Waals surface area contributed by atoms with Gasteiger partial charge in [-0.2, -0.15) is 0 Å². The summed E-state index contributed by atoms with van der Waals surface area (Å²) in [5.41, 5.74) is 4.51. The van der Waals surface area contributed by atoms with E-state index in [0.29, 0.717) is 25.1 Å². The highest BCUT2D eigenvalue weighted by molar-refractivity contribution is 5.94. The Kier molecular flexibility index (Phi) is 4.74. The monoisotopic (exact) mass is 374 g/mol. The summed E-state index contributed by atoms with van der Waals surface area (Å²) in [6.07, 6.45) is 0.693. The Hall–Kier alpha value is -3.34. The molecule has 0 spiro atoms. The SMILES string of the molecule is CC(=O)Nc1cccc(-c2cc3c(o2)CCN(C(=O)c2ccc(C)cc2)C3)c1. The molecular formula is C23H22N2O3. The normalized spacial score (nSPS) is 13.1. The summed E-state index contributed by atoms with van der Waals surface area (Å²) in [6, 6.07) is 17.2. The molecule has 0 fully saturated rings. The summed E-state index contributed by atoms with van der Waals surface area (Å²) < 4.78 is 6.05. The molecule has 5 nitrogen and oxygen atoms in total. The molecule has 2 aromatic carbocycles. The first-order valence-electron chi connectivity index (χ1n) is 9.35. The lowest BCUT2D eigenvalue weighted by Gasteiger charge is -2.26. The van der Waals surface area contributed by atoms with E-state index in [4.69, 9.17) is 4.42 Å². The van der Waals surface area contributed by atoms with E-state index >= 15 is 0 Å². The Morgan fingerprint density at radius 2 is 1.86 bits per heavy atom. The number of anilines is 1. The van der Waals surface area contributed by atoms with Gasteiger partial charge < -0.3 is 14.6 Å². The fourth-order valence-electron chi connectivity index (χ4n) is 3.48. The lowest BCUT2D eigenvalue weighted by atomic mass is 10.1. The van der Waals surface area contributed by atoms with Crippen LogP contribution in [0.15, 0.2) is 59.0 Å². The quantitative estimate of drug-likeness (QED) is 0.738. The number of furan rings is 1. The lowest BCUT2D eigenvalue weighted by molar-refractivity contribution is -0.114. The molecule has 28 heavy (non-hydrogen) atoms. The number of aryl methyl sites for hydroxylation is 1. The van der Waals surface area contributed by atoms with Gasteiger partial charge in [0.15, 0.2) is 0 Å². The average molecular weight is 374 g/mol. The van der Waals surface area contributed by atoms with Gasteiger partial charge in [-0.05, 0) is 37.3 Å². The number of fused-ring (bicyclic) bond motifs is 1. The molecule has 4 rings (SSSR count). The molecule has 5 heteroatoms. The van der Waals surface area contributed by atoms with Crippen molar-refractivity contribution in [3.8, 4) is 11.3 Å². The van der Waals surface area contributed by atoms with E-state index < -0.39 is 0 Å². The standard InChI is InChI=1S/C23H22N2O3/c1-15-6-8-17(9-7-15)23(27)25-11-10-21-19(14-25)13-22(28-21)18-4-3-5-20(12-18)24-16(2)26/h3-9,12-13H,10-11,14H2,1-2H3,(H,24,26). The minimum absolute atomic E-state index is 0.0426. The van der Waals surface area contributed by atoms with Crippen LogP contribution in [-0.4, -0.2) is 23.3 Å². The van der Waals surface area contributed by atoms with Gasteiger partial charge in [0.05, 0.1) is 0 Å². The molecule has 0 unspecified atom stereocenters. The molecule has 1 aliphatic rings. The van der Waals surface area contributed by atoms with Gasteiger partial charge in [-0.3, -0.25) is 9.59 Å². The van der Waals surface area contributed by atoms with E-state index in [2.05, 4.69) is 5.32 Å². The van der Waals surface area contributed by atoms with Gasteiger partial charge >= 0.3 is 0 Å². The van der Waals surface area contributed by atoms with E-state index in [9.17, 15) is 9.59 Å². The molecule has 1 N–H and O–H groups in total. The van der Waals surface area contributed by atoms with Crippen molar-refractivity contribution in [3.63, 3.8) is 0 Å². The van der Waals surface area contributed by atoms with Gasteiger partial charge in [0, 0.05) is 48.8 Å². The number of nitrogens with one attached hydrogen (secondary N) is 1. The van der Waals surface area contributed by atoms with Gasteiger partial charge in [-0.25, -0.2) is 0 Å². The van der Waals surface area contributed by atoms with Crippen LogP contribution in [0.3, 0.4) is 0 Å². The van der Waals surface area contributed by atoms with Crippen molar-refractivity contribution in [2.75, 3.05) is 11.9 Å². The predicted octanol–water partition coefficient (Wildman–Crippen LogP) is 4.41. The first kappa shape index (κ1) is 18.0. The third kappa shape index (κ3) is 3.69. The smallest absolute Gasteiger partial charge is 0.254 e. The van der Waals surface area contributed by atoms with Crippen LogP contribution in [-0.2, 0) is 17.8 Å². The number of amides is 2. The zero-order valence-corrected chi connectivity index (χ0v) is 16.0. The second kappa shape index (κ2) is 7.35. The topological polar surface area (TPSA) is 62.6 Å². The van der Waals surface area contributed by atoms with Gasteiger partial charge in [0.25, 0.3) is 5.91 Å². The van der Waals surface area contributed by atoms with Crippen molar-refractivity contribution in [2.45, 2.75) is 26.8 Å². The Labute approximate surface area is 164 Å². The number of benzene rings is 2. The third-order valence-corrected chi connectivity index (χ3v) is 4.92. The molecule has 0 radical (unpaired) electrons. The highest BCUT2D eigenvalue weighted by atomic mass is 16.3. The third-order valence-electron chi connectivity index (χ3n) is 4.92. The molecule has 142 valence electrons. The Balaban J connectivity index is 1.54. The molecule has 1 aromatic heterocycles. The second-order valence-electron chi connectivity index (χ2n) is 7.16. The Morgan fingerprint density at radius 3 is 2.61 bits per heavy atom. The highest BCUT2D eigenvalue weighted by Crippen LogP contribution is 2.31. The second-order valence-corrected chi connectivity index (χ2v) is 7.16. The maximum Gasteiger partial charge on any atom is 0.254 e. The van der Waals surface area contributed by atoms with Crippen molar-refractivity contribution in [3.05, 3.63) is 77.0 Å². The number of carbonyl (C=O) groups excluding carboxylic acids is 2. The fourth-order valence-corrected chi connectivity index (χ4v) is 3.48. The van der Waals surface area contributed by atoms with Gasteiger partial charge in [-0.1, -0.05) is 29.8 Å². The van der Waals surface area contributed by atoms with E-state index in [1.54, 1.807) is 0 Å². The van der Waals surface area contributed by atoms with Crippen LogP contribution in [0, 0.1) is 6.92 Å². The summed E-state index contributed by atoms with van der Waals surface area (Å²) in [4.78, 5) is 25.9. The summed E-state index contributed by atoms with van der Waals surface area (Å²) in [5, 5.41) is 2.79. The van der Waals surface area contributed by atoms with Crippen molar-refractivity contribution < 1.29 is 14.0 Å². The average Bonchev–Trinajstić information content (AvgIpc) is 3.11. The lowest BCUT2D eigenvalue weighted by Crippen LogP contribution is -2.35. The van der Waals surface area contributed by atoms with Crippen LogP contribution >= 0.6 is 0 Å². The highest BCUT2D eigenvalue weighted by Gasteiger charge is 2.25. The minimum atomic E-state index is -0.110. The van der Waals surface area contributed by atoms with Gasteiger partial charge in [0.2, 0.25) is 5.91 Å². The van der Waals surface area contributed by atoms with Crippen LogP contribution < -0.4 is 5.32 Å². The number of rotatable bonds is 3. The number of nitrogens with zero attached hydrogens (tertiary/aromatic N) is 1. The van der Waals surface area contributed by atoms with Crippen molar-refractivity contribution in [1.29, 1.82) is 0 Å². The van der Waals surface area contributed by atoms with Crippen molar-refractivity contribution in [1.82, 2.24) is 4.90 Å². The van der Waals surface area contributed by atoms with Crippen LogP contribution in [0.4, 0.5) is 5.69 Å². The first-order valence-corrected chi connectivity index (χ1v) is 9.35. The molecular weight excluding hydrogens is 352 g/mol. The maximum absolute atomic E-state index is 12.8. The summed E-state index contributed by atoms with van der Waals surface area (Å²) in [5.74, 6) is 1.61. The van der Waals surface area contributed by atoms with E-state index in [1.165, 1.54) is 6.92 Å². The summed E-state index contributed by atoms with van der Waals surface area (Å²) >= 11 is 0. The largest absolute Gasteiger partial charge is 0.461 e. The zero-order chi connectivity index (χ0) is 19.7. The summed E-state index contributed by atoms with van der Waals surface area (Å²) in [7, 11) is 0. The molecule has 0 aliphatic carbocycles. The van der Waals surface area contributed by atoms with Crippen molar-refractivity contribution in [2.24, 2.45) is 0 Å². The Bertz CT molecular complexity index is 1030. The number of hydrogen-bond donors (Lipinski definition) is 1. The van der Waals surface area contributed by atoms with Gasteiger partial charge in [-0.15, -0.1) is 0 Å². The fraction of sp³-hybridized carbons (Fsp3) is 0.217. The van der Waals surface area contributed by atoms with E-state index in [0.717, 1.165) is 33.9 Å². The van der Waals surface area contributed by atoms with Gasteiger partial charge in [0.1, 0.15) is 11.5 Å². The van der Waals surface area contributed by atoms with Crippen molar-refractivity contribution >= 4 is 17.5 Å². The minimum Gasteiger partial charge on any atom is -0.461 e.